The minimum absolute atomic E-state index is 0.343. The van der Waals surface area contributed by atoms with Crippen LogP contribution in [0.5, 0.6) is 0 Å². The van der Waals surface area contributed by atoms with E-state index < -0.39 is 0 Å². The molecule has 1 rings (SSSR count). The Bertz CT molecular complexity index is 143. The van der Waals surface area contributed by atoms with Gasteiger partial charge in [0.05, 0.1) is 6.61 Å². The first-order valence-corrected chi connectivity index (χ1v) is 5.52. The summed E-state index contributed by atoms with van der Waals surface area (Å²) in [5.41, 5.74) is 0. The number of ether oxygens (including phenoxy) is 1. The molecule has 78 valence electrons. The zero-order valence-electron chi connectivity index (χ0n) is 8.63. The molecule has 0 radical (unpaired) electrons. The van der Waals surface area contributed by atoms with Crippen LogP contribution in [-0.4, -0.2) is 43.6 Å². The molecule has 0 saturated heterocycles. The molecule has 2 unspecified atom stereocenters. The van der Waals surface area contributed by atoms with Crippen molar-refractivity contribution in [3.8, 4) is 0 Å². The van der Waals surface area contributed by atoms with Crippen molar-refractivity contribution in [3.63, 3.8) is 0 Å². The van der Waals surface area contributed by atoms with E-state index in [1.807, 2.05) is 0 Å². The van der Waals surface area contributed by atoms with Crippen molar-refractivity contribution in [2.75, 3.05) is 27.3 Å². The summed E-state index contributed by atoms with van der Waals surface area (Å²) in [7, 11) is 3.89. The van der Waals surface area contributed by atoms with E-state index in [4.69, 9.17) is 16.3 Å². The van der Waals surface area contributed by atoms with Crippen LogP contribution < -0.4 is 0 Å². The second-order valence-electron chi connectivity index (χ2n) is 3.84. The molecule has 1 aliphatic rings. The van der Waals surface area contributed by atoms with Crippen LogP contribution in [0.15, 0.2) is 0 Å². The van der Waals surface area contributed by atoms with Crippen molar-refractivity contribution in [3.05, 3.63) is 0 Å². The van der Waals surface area contributed by atoms with Gasteiger partial charge in [-0.2, -0.15) is 0 Å². The topological polar surface area (TPSA) is 12.5 Å². The number of hydrogen-bond donors (Lipinski definition) is 0. The van der Waals surface area contributed by atoms with Crippen LogP contribution in [0.1, 0.15) is 25.7 Å². The summed E-state index contributed by atoms with van der Waals surface area (Å²) in [5.74, 6) is 0. The Morgan fingerprint density at radius 3 is 2.69 bits per heavy atom. The molecule has 0 aromatic heterocycles. The van der Waals surface area contributed by atoms with Crippen LogP contribution in [0, 0.1) is 0 Å². The molecule has 0 aromatic carbocycles. The molecule has 1 saturated carbocycles. The monoisotopic (exact) mass is 205 g/mol. The molecule has 2 nitrogen and oxygen atoms in total. The molecule has 0 aromatic rings. The maximum absolute atomic E-state index is 6.27. The van der Waals surface area contributed by atoms with Crippen molar-refractivity contribution >= 4 is 11.6 Å². The van der Waals surface area contributed by atoms with Crippen LogP contribution in [0.4, 0.5) is 0 Å². The molecule has 0 amide bonds. The molecule has 0 heterocycles. The molecular formula is C10H20ClNO. The molecule has 0 aliphatic heterocycles. The summed E-state index contributed by atoms with van der Waals surface area (Å²) < 4.78 is 5.05. The third-order valence-corrected chi connectivity index (χ3v) is 3.37. The van der Waals surface area contributed by atoms with Gasteiger partial charge in [-0.1, -0.05) is 12.8 Å². The van der Waals surface area contributed by atoms with E-state index in [9.17, 15) is 0 Å². The van der Waals surface area contributed by atoms with Gasteiger partial charge in [0.25, 0.3) is 0 Å². The Hall–Kier alpha value is 0.210. The normalized spacial score (nSPS) is 29.5. The number of alkyl halides is 1. The quantitative estimate of drug-likeness (QED) is 0.652. The van der Waals surface area contributed by atoms with E-state index >= 15 is 0 Å². The minimum atomic E-state index is 0.343. The van der Waals surface area contributed by atoms with E-state index in [1.165, 1.54) is 25.7 Å². The Labute approximate surface area is 86.2 Å². The van der Waals surface area contributed by atoms with Gasteiger partial charge in [0.2, 0.25) is 0 Å². The van der Waals surface area contributed by atoms with Crippen molar-refractivity contribution in [2.24, 2.45) is 0 Å². The molecule has 2 atom stereocenters. The lowest BCUT2D eigenvalue weighted by Crippen LogP contribution is -2.42. The van der Waals surface area contributed by atoms with Gasteiger partial charge in [0, 0.05) is 25.1 Å². The van der Waals surface area contributed by atoms with Crippen LogP contribution >= 0.6 is 11.6 Å². The lowest BCUT2D eigenvalue weighted by atomic mass is 9.94. The van der Waals surface area contributed by atoms with Crippen molar-refractivity contribution in [2.45, 2.75) is 37.1 Å². The fraction of sp³-hybridized carbons (Fsp3) is 1.00. The Kier molecular flexibility index (Phi) is 5.07. The summed E-state index contributed by atoms with van der Waals surface area (Å²) >= 11 is 6.27. The van der Waals surface area contributed by atoms with E-state index in [2.05, 4.69) is 11.9 Å². The molecular weight excluding hydrogens is 186 g/mol. The van der Waals surface area contributed by atoms with Crippen LogP contribution in [-0.2, 0) is 4.74 Å². The zero-order valence-corrected chi connectivity index (χ0v) is 9.39. The van der Waals surface area contributed by atoms with Crippen LogP contribution in [0.3, 0.4) is 0 Å². The first-order valence-electron chi connectivity index (χ1n) is 5.09. The predicted molar refractivity (Wildman–Crippen MR) is 56.4 cm³/mol. The van der Waals surface area contributed by atoms with Crippen LogP contribution in [0.2, 0.25) is 0 Å². The van der Waals surface area contributed by atoms with Gasteiger partial charge in [-0.15, -0.1) is 11.6 Å². The maximum Gasteiger partial charge on any atom is 0.0589 e. The van der Waals surface area contributed by atoms with E-state index in [-0.39, 0.29) is 0 Å². The first-order chi connectivity index (χ1) is 6.25. The number of halogens is 1. The first kappa shape index (κ1) is 11.3. The number of nitrogens with zero attached hydrogens (tertiary/aromatic N) is 1. The van der Waals surface area contributed by atoms with Gasteiger partial charge < -0.3 is 4.74 Å². The molecule has 0 spiro atoms. The summed E-state index contributed by atoms with van der Waals surface area (Å²) in [4.78, 5) is 2.33. The van der Waals surface area contributed by atoms with Gasteiger partial charge in [0.15, 0.2) is 0 Å². The summed E-state index contributed by atoms with van der Waals surface area (Å²) in [6.45, 7) is 1.79. The molecule has 3 heteroatoms. The Morgan fingerprint density at radius 2 is 2.08 bits per heavy atom. The fourth-order valence-corrected chi connectivity index (χ4v) is 2.44. The second-order valence-corrected chi connectivity index (χ2v) is 4.40. The Balaban J connectivity index is 2.30. The third-order valence-electron chi connectivity index (χ3n) is 2.86. The van der Waals surface area contributed by atoms with Gasteiger partial charge in [-0.3, -0.25) is 4.90 Å². The number of likely N-dealkylation sites (N-methyl/N-ethyl adjacent to an activating group) is 1. The molecule has 0 bridgehead atoms. The third kappa shape index (κ3) is 3.45. The number of hydrogen-bond acceptors (Lipinski definition) is 2. The zero-order chi connectivity index (χ0) is 9.68. The summed E-state index contributed by atoms with van der Waals surface area (Å²) in [6, 6.07) is 0.561. The standard InChI is InChI=1S/C10H20ClNO/c1-12(7-8-13-2)10-6-4-3-5-9(10)11/h9-10H,3-8H2,1-2H3. The Morgan fingerprint density at radius 1 is 1.38 bits per heavy atom. The average Bonchev–Trinajstić information content (AvgIpc) is 2.15. The molecule has 1 aliphatic carbocycles. The largest absolute Gasteiger partial charge is 0.383 e. The van der Waals surface area contributed by atoms with Crippen molar-refractivity contribution < 1.29 is 4.74 Å². The van der Waals surface area contributed by atoms with E-state index in [1.54, 1.807) is 7.11 Å². The lowest BCUT2D eigenvalue weighted by Gasteiger charge is -2.34. The SMILES string of the molecule is COCCN(C)C1CCCCC1Cl. The van der Waals surface area contributed by atoms with E-state index in [0.717, 1.165) is 13.2 Å². The predicted octanol–water partition coefficient (Wildman–Crippen LogP) is 2.11. The summed E-state index contributed by atoms with van der Waals surface area (Å²) in [6.07, 6.45) is 5.03. The second kappa shape index (κ2) is 5.84. The van der Waals surface area contributed by atoms with Gasteiger partial charge in [-0.05, 0) is 19.9 Å². The molecule has 0 N–H and O–H groups in total. The average molecular weight is 206 g/mol. The number of rotatable bonds is 4. The van der Waals surface area contributed by atoms with Crippen molar-refractivity contribution in [1.82, 2.24) is 4.90 Å². The lowest BCUT2D eigenvalue weighted by molar-refractivity contribution is 0.124. The molecule has 13 heavy (non-hydrogen) atoms. The minimum Gasteiger partial charge on any atom is -0.383 e. The van der Waals surface area contributed by atoms with Crippen molar-refractivity contribution in [1.29, 1.82) is 0 Å². The van der Waals surface area contributed by atoms with Gasteiger partial charge in [-0.25, -0.2) is 0 Å². The highest BCUT2D eigenvalue weighted by atomic mass is 35.5. The van der Waals surface area contributed by atoms with Gasteiger partial charge >= 0.3 is 0 Å². The van der Waals surface area contributed by atoms with Gasteiger partial charge in [0.1, 0.15) is 0 Å². The highest BCUT2D eigenvalue weighted by Gasteiger charge is 2.25. The smallest absolute Gasteiger partial charge is 0.0589 e. The maximum atomic E-state index is 6.27. The number of methoxy groups -OCH3 is 1. The highest BCUT2D eigenvalue weighted by molar-refractivity contribution is 6.21. The molecule has 1 fully saturated rings. The fourth-order valence-electron chi connectivity index (χ4n) is 1.96. The summed E-state index contributed by atoms with van der Waals surface area (Å²) in [5, 5.41) is 0.343. The van der Waals surface area contributed by atoms with Crippen LogP contribution in [0.25, 0.3) is 0 Å². The van der Waals surface area contributed by atoms with E-state index in [0.29, 0.717) is 11.4 Å². The highest BCUT2D eigenvalue weighted by Crippen LogP contribution is 2.26.